The molecule has 0 heterocycles. The molecule has 5 nitrogen and oxygen atoms in total. The van der Waals surface area contributed by atoms with Crippen molar-refractivity contribution >= 4 is 11.8 Å². The summed E-state index contributed by atoms with van der Waals surface area (Å²) in [5, 5.41) is 15.8. The zero-order valence-electron chi connectivity index (χ0n) is 17.9. The number of aliphatic hydroxyl groups excluding tert-OH is 1. The first-order valence-corrected chi connectivity index (χ1v) is 10.0. The molecule has 156 valence electrons. The Hall–Kier alpha value is -2.66. The Morgan fingerprint density at radius 2 is 1.55 bits per heavy atom. The molecule has 0 aliphatic carbocycles. The van der Waals surface area contributed by atoms with Gasteiger partial charge in [-0.05, 0) is 34.6 Å². The highest BCUT2D eigenvalue weighted by atomic mass is 16.3. The molecule has 0 spiro atoms. The fraction of sp³-hybridized carbons (Fsp3) is 0.417. The maximum atomic E-state index is 12.6. The molecule has 3 N–H and O–H groups in total. The Bertz CT molecular complexity index is 808. The lowest BCUT2D eigenvalue weighted by Crippen LogP contribution is -2.50. The number of nitrogens with one attached hydrogen (secondary N) is 2. The smallest absolute Gasteiger partial charge is 0.251 e. The Morgan fingerprint density at radius 3 is 2.07 bits per heavy atom. The van der Waals surface area contributed by atoms with Crippen LogP contribution < -0.4 is 10.6 Å². The minimum Gasteiger partial charge on any atom is -0.387 e. The van der Waals surface area contributed by atoms with Crippen molar-refractivity contribution in [2.24, 2.45) is 5.92 Å². The first-order chi connectivity index (χ1) is 13.6. The van der Waals surface area contributed by atoms with Gasteiger partial charge in [-0.15, -0.1) is 0 Å². The predicted octanol–water partition coefficient (Wildman–Crippen LogP) is 3.59. The number of benzene rings is 2. The van der Waals surface area contributed by atoms with Crippen molar-refractivity contribution in [3.63, 3.8) is 0 Å². The van der Waals surface area contributed by atoms with Crippen molar-refractivity contribution in [1.82, 2.24) is 10.6 Å². The van der Waals surface area contributed by atoms with Gasteiger partial charge in [0.05, 0.1) is 6.10 Å². The van der Waals surface area contributed by atoms with E-state index >= 15 is 0 Å². The standard InChI is InChI=1S/C24H32N2O3/c1-16(2)21(23(29)25-15-20(27)17-9-7-6-8-10-17)26-22(28)18-11-13-19(14-12-18)24(3,4)5/h6-14,16,20-21,27H,15H2,1-5H3,(H,25,29)(H,26,28). The summed E-state index contributed by atoms with van der Waals surface area (Å²) in [6, 6.07) is 15.9. The zero-order valence-corrected chi connectivity index (χ0v) is 17.9. The third-order valence-electron chi connectivity index (χ3n) is 4.90. The van der Waals surface area contributed by atoms with Crippen LogP contribution in [0.2, 0.25) is 0 Å². The van der Waals surface area contributed by atoms with Crippen LogP contribution in [-0.4, -0.2) is 29.5 Å². The largest absolute Gasteiger partial charge is 0.387 e. The fourth-order valence-corrected chi connectivity index (χ4v) is 2.98. The molecule has 0 aliphatic heterocycles. The highest BCUT2D eigenvalue weighted by Crippen LogP contribution is 2.22. The molecule has 0 radical (unpaired) electrons. The number of rotatable bonds is 7. The average molecular weight is 397 g/mol. The molecule has 2 aromatic carbocycles. The van der Waals surface area contributed by atoms with Gasteiger partial charge in [-0.1, -0.05) is 77.1 Å². The van der Waals surface area contributed by atoms with Crippen LogP contribution >= 0.6 is 0 Å². The van der Waals surface area contributed by atoms with Crippen LogP contribution in [0, 0.1) is 5.92 Å². The second-order valence-electron chi connectivity index (χ2n) is 8.69. The lowest BCUT2D eigenvalue weighted by molar-refractivity contribution is -0.124. The topological polar surface area (TPSA) is 78.4 Å². The van der Waals surface area contributed by atoms with E-state index in [0.29, 0.717) is 5.56 Å². The van der Waals surface area contributed by atoms with Crippen molar-refractivity contribution in [1.29, 1.82) is 0 Å². The highest BCUT2D eigenvalue weighted by Gasteiger charge is 2.25. The highest BCUT2D eigenvalue weighted by molar-refractivity contribution is 5.97. The van der Waals surface area contributed by atoms with E-state index in [0.717, 1.165) is 11.1 Å². The Kier molecular flexibility index (Phi) is 7.57. The Balaban J connectivity index is 1.99. The van der Waals surface area contributed by atoms with Crippen molar-refractivity contribution in [3.05, 3.63) is 71.3 Å². The molecule has 0 saturated heterocycles. The fourth-order valence-electron chi connectivity index (χ4n) is 2.98. The first kappa shape index (κ1) is 22.6. The molecule has 0 fully saturated rings. The number of carbonyl (C=O) groups is 2. The Morgan fingerprint density at radius 1 is 0.966 bits per heavy atom. The lowest BCUT2D eigenvalue weighted by atomic mass is 9.86. The van der Waals surface area contributed by atoms with Crippen LogP contribution in [0.5, 0.6) is 0 Å². The number of hydrogen-bond donors (Lipinski definition) is 3. The van der Waals surface area contributed by atoms with Crippen LogP contribution in [0.25, 0.3) is 0 Å². The van der Waals surface area contributed by atoms with Gasteiger partial charge in [0, 0.05) is 12.1 Å². The van der Waals surface area contributed by atoms with E-state index in [9.17, 15) is 14.7 Å². The van der Waals surface area contributed by atoms with Crippen LogP contribution in [0.15, 0.2) is 54.6 Å². The third kappa shape index (κ3) is 6.43. The molecule has 2 unspecified atom stereocenters. The predicted molar refractivity (Wildman–Crippen MR) is 116 cm³/mol. The van der Waals surface area contributed by atoms with Gasteiger partial charge in [-0.2, -0.15) is 0 Å². The van der Waals surface area contributed by atoms with Crippen molar-refractivity contribution in [2.75, 3.05) is 6.54 Å². The van der Waals surface area contributed by atoms with Gasteiger partial charge in [-0.25, -0.2) is 0 Å². The number of aliphatic hydroxyl groups is 1. The van der Waals surface area contributed by atoms with Crippen LogP contribution in [-0.2, 0) is 10.2 Å². The minimum absolute atomic E-state index is 0.00888. The SMILES string of the molecule is CC(C)C(NC(=O)c1ccc(C(C)(C)C)cc1)C(=O)NCC(O)c1ccccc1. The average Bonchev–Trinajstić information content (AvgIpc) is 2.69. The Labute approximate surface area is 173 Å². The number of hydrogen-bond acceptors (Lipinski definition) is 3. The van der Waals surface area contributed by atoms with E-state index < -0.39 is 12.1 Å². The van der Waals surface area contributed by atoms with E-state index in [-0.39, 0.29) is 29.7 Å². The summed E-state index contributed by atoms with van der Waals surface area (Å²) in [6.07, 6.45) is -0.798. The van der Waals surface area contributed by atoms with Crippen molar-refractivity contribution in [3.8, 4) is 0 Å². The summed E-state index contributed by atoms with van der Waals surface area (Å²) < 4.78 is 0. The molecule has 0 aromatic heterocycles. The van der Waals surface area contributed by atoms with Gasteiger partial charge in [0.2, 0.25) is 5.91 Å². The normalized spacial score (nSPS) is 13.6. The van der Waals surface area contributed by atoms with Crippen LogP contribution in [0.3, 0.4) is 0 Å². The summed E-state index contributed by atoms with van der Waals surface area (Å²) in [4.78, 5) is 25.3. The van der Waals surface area contributed by atoms with Crippen LogP contribution in [0.1, 0.15) is 62.2 Å². The maximum absolute atomic E-state index is 12.6. The second kappa shape index (κ2) is 9.70. The maximum Gasteiger partial charge on any atom is 0.251 e. The number of carbonyl (C=O) groups excluding carboxylic acids is 2. The third-order valence-corrected chi connectivity index (χ3v) is 4.90. The van der Waals surface area contributed by atoms with Crippen molar-refractivity contribution in [2.45, 2.75) is 52.2 Å². The molecular formula is C24H32N2O3. The van der Waals surface area contributed by atoms with E-state index in [1.165, 1.54) is 0 Å². The molecule has 29 heavy (non-hydrogen) atoms. The molecular weight excluding hydrogens is 364 g/mol. The molecule has 2 rings (SSSR count). The van der Waals surface area contributed by atoms with E-state index in [2.05, 4.69) is 31.4 Å². The quantitative estimate of drug-likeness (QED) is 0.669. The van der Waals surface area contributed by atoms with Gasteiger partial charge in [0.15, 0.2) is 0 Å². The second-order valence-corrected chi connectivity index (χ2v) is 8.69. The van der Waals surface area contributed by atoms with Gasteiger partial charge in [0.1, 0.15) is 6.04 Å². The molecule has 0 aliphatic rings. The van der Waals surface area contributed by atoms with Gasteiger partial charge in [0.25, 0.3) is 5.91 Å². The first-order valence-electron chi connectivity index (χ1n) is 10.0. The van der Waals surface area contributed by atoms with Gasteiger partial charge >= 0.3 is 0 Å². The molecule has 2 amide bonds. The van der Waals surface area contributed by atoms with Gasteiger partial charge < -0.3 is 15.7 Å². The van der Waals surface area contributed by atoms with Crippen LogP contribution in [0.4, 0.5) is 0 Å². The van der Waals surface area contributed by atoms with E-state index in [4.69, 9.17) is 0 Å². The number of amides is 2. The molecule has 2 aromatic rings. The minimum atomic E-state index is -0.798. The molecule has 0 saturated carbocycles. The summed E-state index contributed by atoms with van der Waals surface area (Å²) in [6.45, 7) is 10.2. The summed E-state index contributed by atoms with van der Waals surface area (Å²) >= 11 is 0. The van der Waals surface area contributed by atoms with E-state index in [1.54, 1.807) is 24.3 Å². The van der Waals surface area contributed by atoms with Crippen molar-refractivity contribution < 1.29 is 14.7 Å². The monoisotopic (exact) mass is 396 g/mol. The lowest BCUT2D eigenvalue weighted by Gasteiger charge is -2.23. The van der Waals surface area contributed by atoms with E-state index in [1.807, 2.05) is 44.2 Å². The summed E-state index contributed by atoms with van der Waals surface area (Å²) in [5.41, 5.74) is 2.40. The van der Waals surface area contributed by atoms with Gasteiger partial charge in [-0.3, -0.25) is 9.59 Å². The summed E-state index contributed by atoms with van der Waals surface area (Å²) in [5.74, 6) is -0.695. The summed E-state index contributed by atoms with van der Waals surface area (Å²) in [7, 11) is 0. The zero-order chi connectivity index (χ0) is 21.6. The molecule has 5 heteroatoms. The molecule has 0 bridgehead atoms. The molecule has 2 atom stereocenters.